The molecule has 0 saturated carbocycles. The van der Waals surface area contributed by atoms with Crippen molar-refractivity contribution in [3.8, 4) is 11.5 Å². The van der Waals surface area contributed by atoms with Crippen LogP contribution in [-0.2, 0) is 6.42 Å². The summed E-state index contributed by atoms with van der Waals surface area (Å²) >= 11 is 0. The average molecular weight is 391 g/mol. The van der Waals surface area contributed by atoms with Gasteiger partial charge in [0.2, 0.25) is 0 Å². The Balaban J connectivity index is 1.61. The van der Waals surface area contributed by atoms with Crippen LogP contribution in [0.5, 0.6) is 11.5 Å². The van der Waals surface area contributed by atoms with Gasteiger partial charge in [-0.15, -0.1) is 0 Å². The molecule has 0 aliphatic rings. The molecule has 150 valence electrons. The predicted octanol–water partition coefficient (Wildman–Crippen LogP) is 4.12. The lowest BCUT2D eigenvalue weighted by Crippen LogP contribution is -2.26. The maximum Gasteiger partial charge on any atom is 0.269 e. The number of ether oxygens (including phenoxy) is 2. The third-order valence-corrected chi connectivity index (χ3v) is 4.48. The Bertz CT molecular complexity index is 971. The molecule has 0 unspecified atom stereocenters. The van der Waals surface area contributed by atoms with Gasteiger partial charge in [-0.2, -0.15) is 0 Å². The van der Waals surface area contributed by atoms with E-state index in [-0.39, 0.29) is 5.91 Å². The molecular formula is C23H25N3O3. The monoisotopic (exact) mass is 391 g/mol. The minimum absolute atomic E-state index is 0.210. The van der Waals surface area contributed by atoms with Crippen molar-refractivity contribution in [1.29, 1.82) is 0 Å². The third-order valence-electron chi connectivity index (χ3n) is 4.48. The van der Waals surface area contributed by atoms with Gasteiger partial charge in [-0.25, -0.2) is 0 Å². The number of rotatable bonds is 8. The molecule has 6 heteroatoms. The normalized spacial score (nSPS) is 10.3. The molecule has 0 fully saturated rings. The van der Waals surface area contributed by atoms with Crippen LogP contribution in [-0.4, -0.2) is 31.7 Å². The number of carbonyl (C=O) groups is 1. The van der Waals surface area contributed by atoms with E-state index in [1.807, 2.05) is 55.5 Å². The van der Waals surface area contributed by atoms with E-state index in [4.69, 9.17) is 9.47 Å². The van der Waals surface area contributed by atoms with Crippen molar-refractivity contribution in [2.24, 2.45) is 0 Å². The average Bonchev–Trinajstić information content (AvgIpc) is 2.74. The quantitative estimate of drug-likeness (QED) is 0.604. The summed E-state index contributed by atoms with van der Waals surface area (Å²) in [7, 11) is 3.27. The summed E-state index contributed by atoms with van der Waals surface area (Å²) in [5.74, 6) is 1.34. The lowest BCUT2D eigenvalue weighted by Gasteiger charge is -2.12. The summed E-state index contributed by atoms with van der Waals surface area (Å²) in [6.45, 7) is 2.54. The van der Waals surface area contributed by atoms with Gasteiger partial charge < -0.3 is 20.1 Å². The highest BCUT2D eigenvalue weighted by Crippen LogP contribution is 2.28. The van der Waals surface area contributed by atoms with Gasteiger partial charge in [-0.3, -0.25) is 9.78 Å². The molecule has 0 bridgehead atoms. The molecule has 29 heavy (non-hydrogen) atoms. The molecule has 0 aliphatic heterocycles. The number of hydrogen-bond donors (Lipinski definition) is 2. The molecule has 3 rings (SSSR count). The topological polar surface area (TPSA) is 72.5 Å². The van der Waals surface area contributed by atoms with E-state index in [1.165, 1.54) is 0 Å². The van der Waals surface area contributed by atoms with Gasteiger partial charge in [0.15, 0.2) is 0 Å². The number of nitrogens with zero attached hydrogens (tertiary/aromatic N) is 1. The van der Waals surface area contributed by atoms with Crippen LogP contribution in [0.2, 0.25) is 0 Å². The van der Waals surface area contributed by atoms with Crippen molar-refractivity contribution in [3.63, 3.8) is 0 Å². The molecule has 1 heterocycles. The van der Waals surface area contributed by atoms with Crippen LogP contribution in [0, 0.1) is 6.92 Å². The first-order chi connectivity index (χ1) is 14.1. The Morgan fingerprint density at radius 1 is 1.00 bits per heavy atom. The number of anilines is 2. The van der Waals surface area contributed by atoms with Crippen LogP contribution in [0.4, 0.5) is 11.4 Å². The van der Waals surface area contributed by atoms with Gasteiger partial charge in [0.25, 0.3) is 5.91 Å². The highest BCUT2D eigenvalue weighted by atomic mass is 16.5. The smallest absolute Gasteiger partial charge is 0.269 e. The first-order valence-corrected chi connectivity index (χ1v) is 9.38. The van der Waals surface area contributed by atoms with Crippen molar-refractivity contribution in [1.82, 2.24) is 10.3 Å². The maximum absolute atomic E-state index is 12.5. The fourth-order valence-electron chi connectivity index (χ4n) is 2.91. The van der Waals surface area contributed by atoms with Crippen molar-refractivity contribution in [2.45, 2.75) is 13.3 Å². The second-order valence-corrected chi connectivity index (χ2v) is 6.61. The Morgan fingerprint density at radius 2 is 1.79 bits per heavy atom. The van der Waals surface area contributed by atoms with E-state index in [1.54, 1.807) is 26.5 Å². The largest absolute Gasteiger partial charge is 0.497 e. The van der Waals surface area contributed by atoms with Gasteiger partial charge >= 0.3 is 0 Å². The van der Waals surface area contributed by atoms with Crippen molar-refractivity contribution in [2.75, 3.05) is 26.1 Å². The number of pyridine rings is 1. The number of nitrogens with one attached hydrogen (secondary N) is 2. The Hall–Kier alpha value is -3.54. The highest BCUT2D eigenvalue weighted by Gasteiger charge is 2.09. The molecule has 2 N–H and O–H groups in total. The second-order valence-electron chi connectivity index (χ2n) is 6.61. The number of aromatic nitrogens is 1. The second kappa shape index (κ2) is 9.59. The van der Waals surface area contributed by atoms with Crippen LogP contribution in [0.1, 0.15) is 21.6 Å². The van der Waals surface area contributed by atoms with E-state index < -0.39 is 0 Å². The lowest BCUT2D eigenvalue weighted by molar-refractivity contribution is 0.0949. The van der Waals surface area contributed by atoms with Crippen LogP contribution in [0.3, 0.4) is 0 Å². The number of amides is 1. The van der Waals surface area contributed by atoms with Gasteiger partial charge in [-0.1, -0.05) is 18.2 Å². The number of benzene rings is 2. The zero-order valence-electron chi connectivity index (χ0n) is 16.9. The first kappa shape index (κ1) is 20.2. The van der Waals surface area contributed by atoms with Crippen molar-refractivity contribution < 1.29 is 14.3 Å². The Morgan fingerprint density at radius 3 is 2.52 bits per heavy atom. The van der Waals surface area contributed by atoms with Gasteiger partial charge in [-0.05, 0) is 60.9 Å². The SMILES string of the molecule is COc1ccc(CCNC(=O)c2cc(Nc3cc(C)ccc3OC)ccn2)cc1. The van der Waals surface area contributed by atoms with Gasteiger partial charge in [0.1, 0.15) is 17.2 Å². The minimum Gasteiger partial charge on any atom is -0.497 e. The van der Waals surface area contributed by atoms with E-state index in [0.717, 1.165) is 40.4 Å². The van der Waals surface area contributed by atoms with E-state index >= 15 is 0 Å². The first-order valence-electron chi connectivity index (χ1n) is 9.38. The fourth-order valence-corrected chi connectivity index (χ4v) is 2.91. The van der Waals surface area contributed by atoms with Crippen molar-refractivity contribution >= 4 is 17.3 Å². The molecule has 0 radical (unpaired) electrons. The minimum atomic E-state index is -0.210. The molecule has 2 aromatic carbocycles. The third kappa shape index (κ3) is 5.48. The summed E-state index contributed by atoms with van der Waals surface area (Å²) < 4.78 is 10.5. The summed E-state index contributed by atoms with van der Waals surface area (Å²) in [6.07, 6.45) is 2.34. The standard InChI is InChI=1S/C23H25N3O3/c1-16-4-9-22(29-3)20(14-16)26-18-11-13-24-21(15-18)23(27)25-12-10-17-5-7-19(28-2)8-6-17/h4-9,11,13-15H,10,12H2,1-3H3,(H,24,26)(H,25,27). The van der Waals surface area contributed by atoms with Crippen LogP contribution in [0.15, 0.2) is 60.8 Å². The zero-order chi connectivity index (χ0) is 20.6. The van der Waals surface area contributed by atoms with E-state index in [0.29, 0.717) is 12.2 Å². The summed E-state index contributed by atoms with van der Waals surface area (Å²) in [6, 6.07) is 17.2. The van der Waals surface area contributed by atoms with Crippen LogP contribution >= 0.6 is 0 Å². The molecular weight excluding hydrogens is 366 g/mol. The number of methoxy groups -OCH3 is 2. The fraction of sp³-hybridized carbons (Fsp3) is 0.217. The molecule has 0 atom stereocenters. The molecule has 1 amide bonds. The summed E-state index contributed by atoms with van der Waals surface area (Å²) in [5, 5.41) is 6.21. The number of aryl methyl sites for hydroxylation is 1. The lowest BCUT2D eigenvalue weighted by atomic mass is 10.1. The molecule has 1 aromatic heterocycles. The molecule has 3 aromatic rings. The molecule has 0 spiro atoms. The Labute approximate surface area is 170 Å². The molecule has 0 saturated heterocycles. The molecule has 0 aliphatic carbocycles. The van der Waals surface area contributed by atoms with Gasteiger partial charge in [0.05, 0.1) is 19.9 Å². The van der Waals surface area contributed by atoms with Crippen molar-refractivity contribution in [3.05, 3.63) is 77.6 Å². The van der Waals surface area contributed by atoms with Crippen LogP contribution < -0.4 is 20.1 Å². The summed E-state index contributed by atoms with van der Waals surface area (Å²) in [5.41, 5.74) is 4.20. The Kier molecular flexibility index (Phi) is 6.68. The highest BCUT2D eigenvalue weighted by molar-refractivity contribution is 5.93. The number of hydrogen-bond acceptors (Lipinski definition) is 5. The van der Waals surface area contributed by atoms with Crippen LogP contribution in [0.25, 0.3) is 0 Å². The summed E-state index contributed by atoms with van der Waals surface area (Å²) in [4.78, 5) is 16.7. The zero-order valence-corrected chi connectivity index (χ0v) is 16.9. The van der Waals surface area contributed by atoms with E-state index in [9.17, 15) is 4.79 Å². The predicted molar refractivity (Wildman–Crippen MR) is 114 cm³/mol. The number of carbonyl (C=O) groups excluding carboxylic acids is 1. The molecule has 6 nitrogen and oxygen atoms in total. The van der Waals surface area contributed by atoms with Gasteiger partial charge in [0, 0.05) is 18.4 Å². The maximum atomic E-state index is 12.5. The van der Waals surface area contributed by atoms with E-state index in [2.05, 4.69) is 15.6 Å².